The second-order valence-corrected chi connectivity index (χ2v) is 12.1. The van der Waals surface area contributed by atoms with Crippen molar-refractivity contribution >= 4 is 35.0 Å². The normalized spacial score (nSPS) is 28.4. The fourth-order valence-electron chi connectivity index (χ4n) is 7.23. The summed E-state index contributed by atoms with van der Waals surface area (Å²) >= 11 is 6.05. The Morgan fingerprint density at radius 3 is 2.26 bits per heavy atom. The number of hydrogen-bond acceptors (Lipinski definition) is 5. The van der Waals surface area contributed by atoms with E-state index < -0.39 is 41.0 Å². The number of aliphatic hydroxyl groups excluding tert-OH is 1. The zero-order valence-corrected chi connectivity index (χ0v) is 24.1. The number of hydrogen-bond donors (Lipinski definition) is 3. The first-order chi connectivity index (χ1) is 20.3. The van der Waals surface area contributed by atoms with Crippen molar-refractivity contribution in [1.29, 1.82) is 0 Å². The molecule has 3 saturated heterocycles. The van der Waals surface area contributed by atoms with Crippen LogP contribution in [0, 0.1) is 11.8 Å². The van der Waals surface area contributed by atoms with E-state index in [1.807, 2.05) is 67.6 Å². The quantitative estimate of drug-likeness (QED) is 0.351. The number of amides is 3. The van der Waals surface area contributed by atoms with Gasteiger partial charge in [-0.25, -0.2) is 0 Å². The maximum absolute atomic E-state index is 14.5. The molecule has 0 aliphatic carbocycles. The van der Waals surface area contributed by atoms with Gasteiger partial charge < -0.3 is 25.4 Å². The van der Waals surface area contributed by atoms with Crippen LogP contribution in [0.5, 0.6) is 0 Å². The fraction of sp³-hybridized carbons (Fsp3) is 0.364. The smallest absolute Gasteiger partial charge is 0.250 e. The number of nitrogens with zero attached hydrogens (tertiary/aromatic N) is 1. The second-order valence-electron chi connectivity index (χ2n) is 11.7. The van der Waals surface area contributed by atoms with E-state index in [2.05, 4.69) is 10.6 Å². The van der Waals surface area contributed by atoms with Crippen molar-refractivity contribution in [2.24, 2.45) is 11.8 Å². The molecule has 3 heterocycles. The molecule has 1 spiro atoms. The first-order valence-electron chi connectivity index (χ1n) is 14.3. The molecule has 3 aliphatic heterocycles. The molecule has 3 aromatic rings. The number of halogens is 1. The van der Waals surface area contributed by atoms with Gasteiger partial charge in [-0.05, 0) is 61.6 Å². The van der Waals surface area contributed by atoms with Gasteiger partial charge in [0, 0.05) is 17.3 Å². The Balaban J connectivity index is 1.36. The topological polar surface area (TPSA) is 108 Å². The van der Waals surface area contributed by atoms with E-state index in [1.54, 1.807) is 24.3 Å². The summed E-state index contributed by atoms with van der Waals surface area (Å²) in [7, 11) is 0. The average Bonchev–Trinajstić information content (AvgIpc) is 3.57. The molecular formula is C33H34ClN3O5. The predicted molar refractivity (Wildman–Crippen MR) is 158 cm³/mol. The molecule has 6 rings (SSSR count). The Morgan fingerprint density at radius 2 is 1.62 bits per heavy atom. The monoisotopic (exact) mass is 587 g/mol. The van der Waals surface area contributed by atoms with Crippen LogP contribution in [-0.4, -0.2) is 57.6 Å². The summed E-state index contributed by atoms with van der Waals surface area (Å²) in [6.45, 7) is 1.83. The minimum atomic E-state index is -1.21. The van der Waals surface area contributed by atoms with Crippen molar-refractivity contribution in [3.63, 3.8) is 0 Å². The lowest BCUT2D eigenvalue weighted by Gasteiger charge is -2.37. The molecule has 3 fully saturated rings. The maximum Gasteiger partial charge on any atom is 0.250 e. The van der Waals surface area contributed by atoms with Crippen molar-refractivity contribution in [2.45, 2.75) is 56.0 Å². The van der Waals surface area contributed by atoms with Crippen molar-refractivity contribution in [3.05, 3.63) is 101 Å². The highest BCUT2D eigenvalue weighted by atomic mass is 35.5. The van der Waals surface area contributed by atoms with Crippen LogP contribution in [0.1, 0.15) is 30.9 Å². The number of fused-ring (bicyclic) bond motifs is 1. The van der Waals surface area contributed by atoms with Gasteiger partial charge in [0.2, 0.25) is 17.7 Å². The number of carbonyl (C=O) groups excluding carboxylic acids is 3. The number of aliphatic hydroxyl groups is 1. The summed E-state index contributed by atoms with van der Waals surface area (Å²) in [6, 6.07) is 24.1. The number of rotatable bonds is 9. The summed E-state index contributed by atoms with van der Waals surface area (Å²) in [6.07, 6.45) is 1.32. The molecule has 3 aliphatic rings. The molecule has 3 aromatic carbocycles. The van der Waals surface area contributed by atoms with Crippen LogP contribution >= 0.6 is 11.6 Å². The van der Waals surface area contributed by atoms with E-state index >= 15 is 0 Å². The lowest BCUT2D eigenvalue weighted by atomic mass is 9.66. The Kier molecular flexibility index (Phi) is 7.55. The number of ether oxygens (including phenoxy) is 1. The van der Waals surface area contributed by atoms with E-state index in [1.165, 1.54) is 4.90 Å². The third kappa shape index (κ3) is 4.87. The number of benzene rings is 3. The van der Waals surface area contributed by atoms with Gasteiger partial charge in [-0.2, -0.15) is 0 Å². The van der Waals surface area contributed by atoms with Gasteiger partial charge in [-0.15, -0.1) is 0 Å². The minimum absolute atomic E-state index is 0.274. The summed E-state index contributed by atoms with van der Waals surface area (Å²) in [5.41, 5.74) is 0.278. The second kappa shape index (κ2) is 11.2. The molecule has 218 valence electrons. The van der Waals surface area contributed by atoms with E-state index in [0.717, 1.165) is 11.1 Å². The fourth-order valence-corrected chi connectivity index (χ4v) is 7.36. The van der Waals surface area contributed by atoms with Crippen LogP contribution in [0.15, 0.2) is 84.9 Å². The Hall–Kier alpha value is -3.72. The predicted octanol–water partition coefficient (Wildman–Crippen LogP) is 3.96. The molecule has 6 atom stereocenters. The molecule has 42 heavy (non-hydrogen) atoms. The van der Waals surface area contributed by atoms with Crippen molar-refractivity contribution < 1.29 is 24.2 Å². The van der Waals surface area contributed by atoms with Crippen LogP contribution in [-0.2, 0) is 32.1 Å². The van der Waals surface area contributed by atoms with Crippen LogP contribution < -0.4 is 10.6 Å². The average molecular weight is 588 g/mol. The molecular weight excluding hydrogens is 554 g/mol. The minimum Gasteiger partial charge on any atom is -0.394 e. The molecule has 9 heteroatoms. The summed E-state index contributed by atoms with van der Waals surface area (Å²) in [5.74, 6) is -2.69. The van der Waals surface area contributed by atoms with Gasteiger partial charge in [0.1, 0.15) is 11.6 Å². The highest BCUT2D eigenvalue weighted by Crippen LogP contribution is 2.63. The van der Waals surface area contributed by atoms with Crippen molar-refractivity contribution in [2.75, 3.05) is 11.9 Å². The standard InChI is InChI=1S/C33H34ClN3O5/c1-32-16-17-33(42-32)27(26(32)29(39)35-19-22-10-6-3-7-11-22)31(41)37(25(20-38)18-21-8-4-2-5-9-21)28(33)30(40)36-24-14-12-23(34)13-15-24/h2-15,25-28,38H,16-20H2,1H3,(H,35,39)(H,36,40)/t25-,26-,27+,28?,32+,33?/m1/s1. The van der Waals surface area contributed by atoms with Gasteiger partial charge in [0.15, 0.2) is 0 Å². The highest BCUT2D eigenvalue weighted by molar-refractivity contribution is 6.30. The Morgan fingerprint density at radius 1 is 0.976 bits per heavy atom. The van der Waals surface area contributed by atoms with Crippen LogP contribution in [0.2, 0.25) is 5.02 Å². The zero-order chi connectivity index (χ0) is 29.5. The largest absolute Gasteiger partial charge is 0.394 e. The third-order valence-corrected chi connectivity index (χ3v) is 9.34. The van der Waals surface area contributed by atoms with Crippen LogP contribution in [0.4, 0.5) is 5.69 Å². The summed E-state index contributed by atoms with van der Waals surface area (Å²) in [5, 5.41) is 17.1. The number of nitrogens with one attached hydrogen (secondary N) is 2. The molecule has 0 saturated carbocycles. The number of anilines is 1. The molecule has 2 unspecified atom stereocenters. The van der Waals surface area contributed by atoms with Gasteiger partial charge in [-0.1, -0.05) is 72.3 Å². The van der Waals surface area contributed by atoms with Gasteiger partial charge in [0.25, 0.3) is 0 Å². The third-order valence-electron chi connectivity index (χ3n) is 9.08. The van der Waals surface area contributed by atoms with Gasteiger partial charge in [-0.3, -0.25) is 14.4 Å². The maximum atomic E-state index is 14.5. The van der Waals surface area contributed by atoms with E-state index in [9.17, 15) is 19.5 Å². The lowest BCUT2D eigenvalue weighted by Crippen LogP contribution is -2.57. The molecule has 0 radical (unpaired) electrons. The van der Waals surface area contributed by atoms with E-state index in [-0.39, 0.29) is 18.4 Å². The van der Waals surface area contributed by atoms with Crippen molar-refractivity contribution in [3.8, 4) is 0 Å². The zero-order valence-electron chi connectivity index (χ0n) is 23.3. The summed E-state index contributed by atoms with van der Waals surface area (Å²) in [4.78, 5) is 43.9. The lowest BCUT2D eigenvalue weighted by molar-refractivity contribution is -0.148. The molecule has 3 amide bonds. The van der Waals surface area contributed by atoms with E-state index in [0.29, 0.717) is 36.5 Å². The number of likely N-dealkylation sites (tertiary alicyclic amines) is 1. The van der Waals surface area contributed by atoms with Gasteiger partial charge in [0.05, 0.1) is 30.1 Å². The van der Waals surface area contributed by atoms with Crippen molar-refractivity contribution in [1.82, 2.24) is 10.2 Å². The first kappa shape index (κ1) is 28.4. The molecule has 2 bridgehead atoms. The Labute approximate surface area is 250 Å². The number of carbonyl (C=O) groups is 3. The van der Waals surface area contributed by atoms with E-state index in [4.69, 9.17) is 16.3 Å². The first-order valence-corrected chi connectivity index (χ1v) is 14.7. The van der Waals surface area contributed by atoms with Crippen LogP contribution in [0.25, 0.3) is 0 Å². The van der Waals surface area contributed by atoms with Crippen LogP contribution in [0.3, 0.4) is 0 Å². The SMILES string of the molecule is C[C@@]12CCC3(O1)C(C(=O)Nc1ccc(Cl)cc1)N([C@@H](CO)Cc1ccccc1)C(=O)[C@@H]3[C@@H]2C(=O)NCc1ccccc1. The molecule has 0 aromatic heterocycles. The Bertz CT molecular complexity index is 1470. The highest BCUT2D eigenvalue weighted by Gasteiger charge is 2.78. The summed E-state index contributed by atoms with van der Waals surface area (Å²) < 4.78 is 6.71. The molecule has 3 N–H and O–H groups in total. The molecule has 8 nitrogen and oxygen atoms in total. The van der Waals surface area contributed by atoms with Gasteiger partial charge >= 0.3 is 0 Å².